The zero-order chi connectivity index (χ0) is 12.1. The fraction of sp³-hybridized carbons (Fsp3) is 0.231. The van der Waals surface area contributed by atoms with Crippen LogP contribution < -0.4 is 4.74 Å². The second kappa shape index (κ2) is 5.77. The van der Waals surface area contributed by atoms with Crippen molar-refractivity contribution in [1.82, 2.24) is 9.97 Å². The van der Waals surface area contributed by atoms with Gasteiger partial charge < -0.3 is 4.74 Å². The Bertz CT molecular complexity index is 476. The van der Waals surface area contributed by atoms with Crippen molar-refractivity contribution < 1.29 is 4.74 Å². The summed E-state index contributed by atoms with van der Waals surface area (Å²) in [4.78, 5) is 8.74. The predicted molar refractivity (Wildman–Crippen MR) is 70.4 cm³/mol. The molecule has 1 unspecified atom stereocenters. The van der Waals surface area contributed by atoms with Gasteiger partial charge in [-0.05, 0) is 5.56 Å². The van der Waals surface area contributed by atoms with Crippen LogP contribution in [0.1, 0.15) is 16.2 Å². The Balaban J connectivity index is 2.10. The molecule has 3 nitrogen and oxygen atoms in total. The molecule has 1 heterocycles. The molecule has 0 aliphatic heterocycles. The van der Waals surface area contributed by atoms with Crippen LogP contribution in [0.3, 0.4) is 0 Å². The zero-order valence-corrected chi connectivity index (χ0v) is 11.1. The first-order chi connectivity index (χ1) is 8.29. The number of halogens is 1. The third kappa shape index (κ3) is 3.27. The third-order valence-corrected chi connectivity index (χ3v) is 3.26. The van der Waals surface area contributed by atoms with E-state index in [0.717, 1.165) is 12.2 Å². The molecule has 0 radical (unpaired) electrons. The van der Waals surface area contributed by atoms with Gasteiger partial charge in [0.25, 0.3) is 0 Å². The van der Waals surface area contributed by atoms with Crippen LogP contribution in [0.4, 0.5) is 0 Å². The topological polar surface area (TPSA) is 35.0 Å². The minimum Gasteiger partial charge on any atom is -0.481 e. The summed E-state index contributed by atoms with van der Waals surface area (Å²) in [5.74, 6) is 1.37. The van der Waals surface area contributed by atoms with Crippen LogP contribution in [0.5, 0.6) is 5.88 Å². The van der Waals surface area contributed by atoms with E-state index in [2.05, 4.69) is 38.0 Å². The summed E-state index contributed by atoms with van der Waals surface area (Å²) in [6.07, 6.45) is 2.45. The summed E-state index contributed by atoms with van der Waals surface area (Å²) >= 11 is 3.65. The van der Waals surface area contributed by atoms with Gasteiger partial charge in [-0.1, -0.05) is 46.3 Å². The molecule has 4 heteroatoms. The van der Waals surface area contributed by atoms with Crippen molar-refractivity contribution in [2.75, 3.05) is 7.11 Å². The van der Waals surface area contributed by atoms with E-state index in [4.69, 9.17) is 4.74 Å². The van der Waals surface area contributed by atoms with Crippen LogP contribution in [0.15, 0.2) is 42.6 Å². The molecule has 1 atom stereocenters. The average molecular weight is 293 g/mol. The number of hydrogen-bond acceptors (Lipinski definition) is 3. The maximum Gasteiger partial charge on any atom is 0.216 e. The molecule has 0 saturated heterocycles. The first-order valence-corrected chi connectivity index (χ1v) is 6.26. The Hall–Kier alpha value is -1.42. The molecule has 0 bridgehead atoms. The third-order valence-electron chi connectivity index (χ3n) is 2.41. The summed E-state index contributed by atoms with van der Waals surface area (Å²) in [7, 11) is 1.61. The second-order valence-electron chi connectivity index (χ2n) is 3.60. The van der Waals surface area contributed by atoms with Crippen LogP contribution in [-0.2, 0) is 6.42 Å². The Labute approximate surface area is 109 Å². The molecular weight excluding hydrogens is 280 g/mol. The lowest BCUT2D eigenvalue weighted by Crippen LogP contribution is -2.01. The van der Waals surface area contributed by atoms with Gasteiger partial charge in [0.05, 0.1) is 7.11 Å². The summed E-state index contributed by atoms with van der Waals surface area (Å²) in [5.41, 5.74) is 1.22. The number of hydrogen-bond donors (Lipinski definition) is 0. The molecule has 1 aromatic heterocycles. The fourth-order valence-electron chi connectivity index (χ4n) is 1.53. The van der Waals surface area contributed by atoms with E-state index >= 15 is 0 Å². The molecule has 1 aromatic carbocycles. The van der Waals surface area contributed by atoms with Gasteiger partial charge in [0.2, 0.25) is 5.88 Å². The standard InChI is InChI=1S/C13H13BrN2O/c1-17-13-7-8-15-12(16-13)9-11(14)10-5-3-2-4-6-10/h2-8,11H,9H2,1H3. The average Bonchev–Trinajstić information content (AvgIpc) is 2.40. The maximum absolute atomic E-state index is 5.08. The van der Waals surface area contributed by atoms with Gasteiger partial charge in [0.1, 0.15) is 5.82 Å². The highest BCUT2D eigenvalue weighted by Gasteiger charge is 2.10. The van der Waals surface area contributed by atoms with Crippen molar-refractivity contribution >= 4 is 15.9 Å². The highest BCUT2D eigenvalue weighted by Crippen LogP contribution is 2.25. The van der Waals surface area contributed by atoms with Crippen molar-refractivity contribution in [3.8, 4) is 5.88 Å². The van der Waals surface area contributed by atoms with Crippen LogP contribution in [-0.4, -0.2) is 17.1 Å². The van der Waals surface area contributed by atoms with Gasteiger partial charge >= 0.3 is 0 Å². The lowest BCUT2D eigenvalue weighted by Gasteiger charge is -2.09. The van der Waals surface area contributed by atoms with E-state index in [-0.39, 0.29) is 4.83 Å². The highest BCUT2D eigenvalue weighted by molar-refractivity contribution is 9.09. The van der Waals surface area contributed by atoms with Crippen molar-refractivity contribution in [3.05, 3.63) is 54.0 Å². The van der Waals surface area contributed by atoms with Crippen molar-refractivity contribution in [1.29, 1.82) is 0 Å². The fourth-order valence-corrected chi connectivity index (χ4v) is 2.13. The van der Waals surface area contributed by atoms with E-state index in [9.17, 15) is 0 Å². The number of methoxy groups -OCH3 is 1. The number of ether oxygens (including phenoxy) is 1. The lowest BCUT2D eigenvalue weighted by molar-refractivity contribution is 0.394. The number of nitrogens with zero attached hydrogens (tertiary/aromatic N) is 2. The summed E-state index contributed by atoms with van der Waals surface area (Å²) in [5, 5.41) is 0. The monoisotopic (exact) mass is 292 g/mol. The molecular formula is C13H13BrN2O. The van der Waals surface area contributed by atoms with E-state index in [1.807, 2.05) is 18.2 Å². The Kier molecular flexibility index (Phi) is 4.09. The molecule has 2 aromatic rings. The van der Waals surface area contributed by atoms with E-state index in [1.165, 1.54) is 5.56 Å². The Morgan fingerprint density at radius 2 is 2.00 bits per heavy atom. The van der Waals surface area contributed by atoms with Crippen LogP contribution in [0, 0.1) is 0 Å². The molecule has 2 rings (SSSR count). The Morgan fingerprint density at radius 3 is 2.71 bits per heavy atom. The first kappa shape index (κ1) is 12.0. The van der Waals surface area contributed by atoms with Crippen molar-refractivity contribution in [2.24, 2.45) is 0 Å². The van der Waals surface area contributed by atoms with Crippen molar-refractivity contribution in [3.63, 3.8) is 0 Å². The normalized spacial score (nSPS) is 12.1. The van der Waals surface area contributed by atoms with Gasteiger partial charge in [0, 0.05) is 23.5 Å². The van der Waals surface area contributed by atoms with Crippen molar-refractivity contribution in [2.45, 2.75) is 11.2 Å². The van der Waals surface area contributed by atoms with Gasteiger partial charge in [-0.15, -0.1) is 0 Å². The lowest BCUT2D eigenvalue weighted by atomic mass is 10.1. The predicted octanol–water partition coefficient (Wildman–Crippen LogP) is 3.16. The smallest absolute Gasteiger partial charge is 0.216 e. The van der Waals surface area contributed by atoms with Gasteiger partial charge in [-0.3, -0.25) is 0 Å². The van der Waals surface area contributed by atoms with Crippen LogP contribution in [0.2, 0.25) is 0 Å². The van der Waals surface area contributed by atoms with Crippen LogP contribution in [0.25, 0.3) is 0 Å². The molecule has 0 fully saturated rings. The first-order valence-electron chi connectivity index (χ1n) is 5.34. The Morgan fingerprint density at radius 1 is 1.24 bits per heavy atom. The molecule has 88 valence electrons. The molecule has 0 aliphatic carbocycles. The zero-order valence-electron chi connectivity index (χ0n) is 9.51. The van der Waals surface area contributed by atoms with E-state index < -0.39 is 0 Å². The molecule has 0 amide bonds. The van der Waals surface area contributed by atoms with E-state index in [1.54, 1.807) is 19.4 Å². The maximum atomic E-state index is 5.08. The summed E-state index contributed by atoms with van der Waals surface area (Å²) in [6.45, 7) is 0. The van der Waals surface area contributed by atoms with E-state index in [0.29, 0.717) is 5.88 Å². The quantitative estimate of drug-likeness (QED) is 0.812. The van der Waals surface area contributed by atoms with Crippen LogP contribution >= 0.6 is 15.9 Å². The molecule has 0 N–H and O–H groups in total. The number of rotatable bonds is 4. The second-order valence-corrected chi connectivity index (χ2v) is 4.70. The number of aromatic nitrogens is 2. The highest BCUT2D eigenvalue weighted by atomic mass is 79.9. The summed E-state index contributed by atoms with van der Waals surface area (Å²) < 4.78 is 5.08. The minimum absolute atomic E-state index is 0.218. The van der Waals surface area contributed by atoms with Gasteiger partial charge in [-0.2, -0.15) is 4.98 Å². The molecule has 0 aliphatic rings. The largest absolute Gasteiger partial charge is 0.481 e. The molecule has 17 heavy (non-hydrogen) atoms. The minimum atomic E-state index is 0.218. The SMILES string of the molecule is COc1ccnc(CC(Br)c2ccccc2)n1. The summed E-state index contributed by atoms with van der Waals surface area (Å²) in [6, 6.07) is 12.0. The van der Waals surface area contributed by atoms with Gasteiger partial charge in [0.15, 0.2) is 0 Å². The van der Waals surface area contributed by atoms with Gasteiger partial charge in [-0.25, -0.2) is 4.98 Å². The number of benzene rings is 1. The molecule has 0 spiro atoms. The molecule has 0 saturated carbocycles. The number of alkyl halides is 1.